The Morgan fingerprint density at radius 3 is 2.47 bits per heavy atom. The van der Waals surface area contributed by atoms with Crippen molar-refractivity contribution in [3.63, 3.8) is 0 Å². The van der Waals surface area contributed by atoms with Gasteiger partial charge in [0.2, 0.25) is 0 Å². The highest BCUT2D eigenvalue weighted by Gasteiger charge is 2.32. The molecule has 2 aromatic rings. The number of carbonyl (C=O) groups is 3. The number of carbonyl (C=O) groups excluding carboxylic acids is 3. The predicted molar refractivity (Wildman–Crippen MR) is 115 cm³/mol. The zero-order chi connectivity index (χ0) is 23.1. The van der Waals surface area contributed by atoms with Crippen molar-refractivity contribution < 1.29 is 28.6 Å². The third-order valence-corrected chi connectivity index (χ3v) is 5.01. The Kier molecular flexibility index (Phi) is 7.29. The molecule has 166 valence electrons. The number of benzene rings is 2. The summed E-state index contributed by atoms with van der Waals surface area (Å²) in [6.45, 7) is 0.660. The minimum absolute atomic E-state index is 0.0235. The van der Waals surface area contributed by atoms with Gasteiger partial charge < -0.3 is 19.5 Å². The number of esters is 2. The molecule has 0 aliphatic carbocycles. The molecule has 1 fully saturated rings. The smallest absolute Gasteiger partial charge is 0.414 e. The number of nitrogens with zero attached hydrogens (tertiary/aromatic N) is 2. The molecule has 1 N–H and O–H groups in total. The van der Waals surface area contributed by atoms with Gasteiger partial charge in [-0.15, -0.1) is 0 Å². The van der Waals surface area contributed by atoms with Crippen molar-refractivity contribution in [2.45, 2.75) is 18.9 Å². The zero-order valence-electron chi connectivity index (χ0n) is 17.8. The Bertz CT molecular complexity index is 1040. The molecule has 9 heteroatoms. The fourth-order valence-corrected chi connectivity index (χ4v) is 3.32. The van der Waals surface area contributed by atoms with Crippen LogP contribution in [0.1, 0.15) is 16.7 Å². The lowest BCUT2D eigenvalue weighted by Gasteiger charge is -2.16. The fraction of sp³-hybridized carbons (Fsp3) is 0.304. The average molecular weight is 437 g/mol. The molecule has 2 aromatic carbocycles. The van der Waals surface area contributed by atoms with Gasteiger partial charge in [-0.25, -0.2) is 4.79 Å². The lowest BCUT2D eigenvalue weighted by Crippen LogP contribution is -2.27. The normalized spacial score (nSPS) is 15.0. The van der Waals surface area contributed by atoms with Gasteiger partial charge in [-0.1, -0.05) is 12.1 Å². The first-order chi connectivity index (χ1) is 15.4. The number of amides is 1. The van der Waals surface area contributed by atoms with Crippen LogP contribution in [0.5, 0.6) is 0 Å². The maximum absolute atomic E-state index is 12.3. The summed E-state index contributed by atoms with van der Waals surface area (Å²) < 4.78 is 14.9. The van der Waals surface area contributed by atoms with Crippen LogP contribution in [0.3, 0.4) is 0 Å². The second-order valence-corrected chi connectivity index (χ2v) is 7.15. The Balaban J connectivity index is 1.68. The molecular weight excluding hydrogens is 414 g/mol. The first kappa shape index (κ1) is 22.6. The number of anilines is 2. The molecule has 32 heavy (non-hydrogen) atoms. The van der Waals surface area contributed by atoms with Crippen LogP contribution in [0.15, 0.2) is 42.5 Å². The van der Waals surface area contributed by atoms with Crippen LogP contribution in [0.4, 0.5) is 16.2 Å². The first-order valence-electron chi connectivity index (χ1n) is 9.91. The monoisotopic (exact) mass is 437 g/mol. The summed E-state index contributed by atoms with van der Waals surface area (Å²) in [6.07, 6.45) is -0.774. The van der Waals surface area contributed by atoms with Crippen molar-refractivity contribution in [3.05, 3.63) is 59.2 Å². The van der Waals surface area contributed by atoms with Crippen molar-refractivity contribution in [1.82, 2.24) is 0 Å². The number of ether oxygens (including phenoxy) is 3. The van der Waals surface area contributed by atoms with E-state index in [1.165, 1.54) is 19.1 Å². The van der Waals surface area contributed by atoms with Gasteiger partial charge in [-0.2, -0.15) is 5.26 Å². The molecule has 1 amide bonds. The molecule has 0 aromatic heterocycles. The highest BCUT2D eigenvalue weighted by molar-refractivity contribution is 5.89. The molecule has 0 bridgehead atoms. The molecular formula is C23H23N3O6. The Hall–Kier alpha value is -4.06. The molecule has 1 atom stereocenters. The lowest BCUT2D eigenvalue weighted by molar-refractivity contribution is -0.140. The van der Waals surface area contributed by atoms with Crippen LogP contribution in [-0.4, -0.2) is 51.4 Å². The molecule has 1 unspecified atom stereocenters. The van der Waals surface area contributed by atoms with Crippen molar-refractivity contribution in [2.24, 2.45) is 0 Å². The summed E-state index contributed by atoms with van der Waals surface area (Å²) in [4.78, 5) is 37.2. The van der Waals surface area contributed by atoms with Crippen molar-refractivity contribution in [3.8, 4) is 6.07 Å². The SMILES string of the molecule is COC(=O)Cc1ccc(NCC2CN(c3ccc(C#N)cc3)C(=O)O2)c(CC(=O)OC)c1. The van der Waals surface area contributed by atoms with E-state index in [2.05, 4.69) is 5.32 Å². The number of cyclic esters (lactones) is 1. The van der Waals surface area contributed by atoms with Gasteiger partial charge >= 0.3 is 18.0 Å². The number of nitrogens with one attached hydrogen (secondary N) is 1. The molecule has 0 saturated carbocycles. The largest absolute Gasteiger partial charge is 0.469 e. The quantitative estimate of drug-likeness (QED) is 0.494. The molecule has 1 aliphatic rings. The van der Waals surface area contributed by atoms with Gasteiger partial charge in [0, 0.05) is 11.4 Å². The number of rotatable bonds is 8. The number of hydrogen-bond donors (Lipinski definition) is 1. The lowest BCUT2D eigenvalue weighted by atomic mass is 10.0. The zero-order valence-corrected chi connectivity index (χ0v) is 17.8. The molecule has 1 aliphatic heterocycles. The first-order valence-corrected chi connectivity index (χ1v) is 9.91. The fourth-order valence-electron chi connectivity index (χ4n) is 3.32. The molecule has 1 saturated heterocycles. The minimum atomic E-state index is -0.468. The van der Waals surface area contributed by atoms with Crippen LogP contribution in [-0.2, 0) is 36.6 Å². The van der Waals surface area contributed by atoms with E-state index in [0.29, 0.717) is 41.2 Å². The number of nitriles is 1. The summed E-state index contributed by atoms with van der Waals surface area (Å²) >= 11 is 0. The Morgan fingerprint density at radius 2 is 1.81 bits per heavy atom. The van der Waals surface area contributed by atoms with Crippen LogP contribution in [0.2, 0.25) is 0 Å². The minimum Gasteiger partial charge on any atom is -0.469 e. The highest BCUT2D eigenvalue weighted by atomic mass is 16.6. The predicted octanol–water partition coefficient (Wildman–Crippen LogP) is 2.43. The van der Waals surface area contributed by atoms with Crippen LogP contribution >= 0.6 is 0 Å². The second kappa shape index (κ2) is 10.3. The molecule has 1 heterocycles. The second-order valence-electron chi connectivity index (χ2n) is 7.15. The van der Waals surface area contributed by atoms with E-state index in [1.54, 1.807) is 42.5 Å². The maximum Gasteiger partial charge on any atom is 0.414 e. The van der Waals surface area contributed by atoms with E-state index in [-0.39, 0.29) is 18.8 Å². The Morgan fingerprint density at radius 1 is 1.12 bits per heavy atom. The molecule has 9 nitrogen and oxygen atoms in total. The summed E-state index contributed by atoms with van der Waals surface area (Å²) in [5, 5.41) is 12.1. The van der Waals surface area contributed by atoms with Crippen molar-refractivity contribution in [1.29, 1.82) is 5.26 Å². The van der Waals surface area contributed by atoms with Crippen LogP contribution < -0.4 is 10.2 Å². The molecule has 0 spiro atoms. The van der Waals surface area contributed by atoms with E-state index in [9.17, 15) is 14.4 Å². The summed E-state index contributed by atoms with van der Waals surface area (Å²) in [5.74, 6) is -0.793. The van der Waals surface area contributed by atoms with Crippen molar-refractivity contribution >= 4 is 29.4 Å². The van der Waals surface area contributed by atoms with E-state index >= 15 is 0 Å². The third kappa shape index (κ3) is 5.55. The summed E-state index contributed by atoms with van der Waals surface area (Å²) in [5.41, 5.74) is 3.20. The molecule has 0 radical (unpaired) electrons. The third-order valence-electron chi connectivity index (χ3n) is 5.01. The molecule has 3 rings (SSSR count). The standard InChI is InChI=1S/C23H23N3O6/c1-30-21(27)10-16-5-8-20(17(9-16)11-22(28)31-2)25-13-19-14-26(23(29)32-19)18-6-3-15(12-24)4-7-18/h3-9,19,25H,10-11,13-14H2,1-2H3. The average Bonchev–Trinajstić information content (AvgIpc) is 3.18. The summed E-state index contributed by atoms with van der Waals surface area (Å²) in [7, 11) is 2.63. The van der Waals surface area contributed by atoms with E-state index in [4.69, 9.17) is 19.5 Å². The number of methoxy groups -OCH3 is 2. The van der Waals surface area contributed by atoms with E-state index < -0.39 is 18.2 Å². The van der Waals surface area contributed by atoms with Crippen LogP contribution in [0.25, 0.3) is 0 Å². The van der Waals surface area contributed by atoms with Crippen LogP contribution in [0, 0.1) is 11.3 Å². The van der Waals surface area contributed by atoms with E-state index in [0.717, 1.165) is 0 Å². The highest BCUT2D eigenvalue weighted by Crippen LogP contribution is 2.24. The van der Waals surface area contributed by atoms with Gasteiger partial charge in [0.25, 0.3) is 0 Å². The van der Waals surface area contributed by atoms with Gasteiger partial charge in [-0.3, -0.25) is 14.5 Å². The summed E-state index contributed by atoms with van der Waals surface area (Å²) in [6, 6.07) is 14.0. The van der Waals surface area contributed by atoms with Gasteiger partial charge in [-0.05, 0) is 41.5 Å². The van der Waals surface area contributed by atoms with Crippen molar-refractivity contribution in [2.75, 3.05) is 37.5 Å². The van der Waals surface area contributed by atoms with Gasteiger partial charge in [0.1, 0.15) is 6.10 Å². The maximum atomic E-state index is 12.3. The van der Waals surface area contributed by atoms with Gasteiger partial charge in [0.15, 0.2) is 0 Å². The Labute approximate surface area is 185 Å². The van der Waals surface area contributed by atoms with Gasteiger partial charge in [0.05, 0.1) is 51.8 Å². The van der Waals surface area contributed by atoms with E-state index in [1.807, 2.05) is 6.07 Å². The number of hydrogen-bond acceptors (Lipinski definition) is 8. The topological polar surface area (TPSA) is 118 Å².